The SMILES string of the molecule is CCCNC(CCc1ccco1)c1ccc(F)c(F)c1. The van der Waals surface area contributed by atoms with Gasteiger partial charge in [0.15, 0.2) is 11.6 Å². The summed E-state index contributed by atoms with van der Waals surface area (Å²) in [6.07, 6.45) is 4.16. The van der Waals surface area contributed by atoms with Crippen molar-refractivity contribution in [2.75, 3.05) is 6.54 Å². The molecule has 0 spiro atoms. The molecule has 0 radical (unpaired) electrons. The average molecular weight is 279 g/mol. The molecule has 2 rings (SSSR count). The summed E-state index contributed by atoms with van der Waals surface area (Å²) in [6.45, 7) is 2.91. The quantitative estimate of drug-likeness (QED) is 0.820. The molecule has 1 heterocycles. The molecule has 0 saturated carbocycles. The van der Waals surface area contributed by atoms with Crippen molar-refractivity contribution in [1.29, 1.82) is 0 Å². The Balaban J connectivity index is 2.07. The van der Waals surface area contributed by atoms with E-state index in [4.69, 9.17) is 4.42 Å². The third-order valence-corrected chi connectivity index (χ3v) is 3.25. The predicted molar refractivity (Wildman–Crippen MR) is 74.4 cm³/mol. The van der Waals surface area contributed by atoms with Gasteiger partial charge < -0.3 is 9.73 Å². The lowest BCUT2D eigenvalue weighted by molar-refractivity contribution is 0.448. The number of halogens is 2. The van der Waals surface area contributed by atoms with Crippen molar-refractivity contribution in [3.05, 3.63) is 59.6 Å². The predicted octanol–water partition coefficient (Wildman–Crippen LogP) is 4.23. The van der Waals surface area contributed by atoms with E-state index < -0.39 is 11.6 Å². The molecule has 0 fully saturated rings. The van der Waals surface area contributed by atoms with Crippen LogP contribution < -0.4 is 5.32 Å². The van der Waals surface area contributed by atoms with E-state index in [2.05, 4.69) is 12.2 Å². The highest BCUT2D eigenvalue weighted by Gasteiger charge is 2.14. The molecule has 0 bridgehead atoms. The summed E-state index contributed by atoms with van der Waals surface area (Å²) in [5, 5.41) is 3.36. The van der Waals surface area contributed by atoms with Gasteiger partial charge in [0.05, 0.1) is 6.26 Å². The minimum atomic E-state index is -0.811. The molecule has 2 nitrogen and oxygen atoms in total. The lowest BCUT2D eigenvalue weighted by Crippen LogP contribution is -2.23. The number of nitrogens with one attached hydrogen (secondary N) is 1. The lowest BCUT2D eigenvalue weighted by Gasteiger charge is -2.18. The zero-order valence-electron chi connectivity index (χ0n) is 11.5. The van der Waals surface area contributed by atoms with Gasteiger partial charge in [0, 0.05) is 12.5 Å². The first-order valence-electron chi connectivity index (χ1n) is 6.91. The number of hydrogen-bond acceptors (Lipinski definition) is 2. The molecule has 0 aliphatic rings. The molecule has 0 amide bonds. The van der Waals surface area contributed by atoms with Crippen molar-refractivity contribution in [3.63, 3.8) is 0 Å². The minimum Gasteiger partial charge on any atom is -0.469 e. The second kappa shape index (κ2) is 7.20. The average Bonchev–Trinajstić information content (AvgIpc) is 2.95. The Morgan fingerprint density at radius 3 is 2.70 bits per heavy atom. The Labute approximate surface area is 117 Å². The van der Waals surface area contributed by atoms with Gasteiger partial charge in [0.2, 0.25) is 0 Å². The van der Waals surface area contributed by atoms with Crippen LogP contribution in [0, 0.1) is 11.6 Å². The fourth-order valence-electron chi connectivity index (χ4n) is 2.18. The second-order valence-corrected chi connectivity index (χ2v) is 4.80. The van der Waals surface area contributed by atoms with Crippen LogP contribution >= 0.6 is 0 Å². The zero-order chi connectivity index (χ0) is 14.4. The highest BCUT2D eigenvalue weighted by Crippen LogP contribution is 2.21. The first kappa shape index (κ1) is 14.7. The van der Waals surface area contributed by atoms with Gasteiger partial charge in [-0.25, -0.2) is 8.78 Å². The molecular weight excluding hydrogens is 260 g/mol. The molecule has 0 saturated heterocycles. The van der Waals surface area contributed by atoms with E-state index in [1.165, 1.54) is 12.1 Å². The van der Waals surface area contributed by atoms with E-state index in [1.807, 2.05) is 12.1 Å². The molecule has 1 unspecified atom stereocenters. The first-order chi connectivity index (χ1) is 9.70. The normalized spacial score (nSPS) is 12.6. The van der Waals surface area contributed by atoms with Crippen molar-refractivity contribution in [1.82, 2.24) is 5.32 Å². The first-order valence-corrected chi connectivity index (χ1v) is 6.91. The largest absolute Gasteiger partial charge is 0.469 e. The number of furan rings is 1. The summed E-state index contributed by atoms with van der Waals surface area (Å²) >= 11 is 0. The fraction of sp³-hybridized carbons (Fsp3) is 0.375. The summed E-state index contributed by atoms with van der Waals surface area (Å²) in [7, 11) is 0. The smallest absolute Gasteiger partial charge is 0.159 e. The Morgan fingerprint density at radius 2 is 2.05 bits per heavy atom. The third-order valence-electron chi connectivity index (χ3n) is 3.25. The van der Waals surface area contributed by atoms with E-state index in [0.29, 0.717) is 0 Å². The number of aryl methyl sites for hydroxylation is 1. The summed E-state index contributed by atoms with van der Waals surface area (Å²) in [4.78, 5) is 0. The van der Waals surface area contributed by atoms with Gasteiger partial charge >= 0.3 is 0 Å². The molecule has 1 atom stereocenters. The van der Waals surface area contributed by atoms with E-state index in [-0.39, 0.29) is 6.04 Å². The molecule has 108 valence electrons. The van der Waals surface area contributed by atoms with Gasteiger partial charge in [-0.15, -0.1) is 0 Å². The van der Waals surface area contributed by atoms with E-state index in [1.54, 1.807) is 12.3 Å². The minimum absolute atomic E-state index is 0.00449. The van der Waals surface area contributed by atoms with E-state index in [9.17, 15) is 8.78 Å². The monoisotopic (exact) mass is 279 g/mol. The fourth-order valence-corrected chi connectivity index (χ4v) is 2.18. The maximum atomic E-state index is 13.4. The third kappa shape index (κ3) is 3.90. The number of benzene rings is 1. The molecule has 0 aliphatic heterocycles. The van der Waals surface area contributed by atoms with Gasteiger partial charge in [-0.05, 0) is 49.2 Å². The maximum Gasteiger partial charge on any atom is 0.159 e. The second-order valence-electron chi connectivity index (χ2n) is 4.80. The van der Waals surface area contributed by atoms with Crippen LogP contribution in [0.4, 0.5) is 8.78 Å². The van der Waals surface area contributed by atoms with Crippen LogP contribution in [0.2, 0.25) is 0 Å². The van der Waals surface area contributed by atoms with Crippen molar-refractivity contribution in [2.24, 2.45) is 0 Å². The molecule has 1 N–H and O–H groups in total. The molecule has 20 heavy (non-hydrogen) atoms. The Kier molecular flexibility index (Phi) is 5.30. The van der Waals surface area contributed by atoms with Crippen LogP contribution in [0.1, 0.15) is 37.1 Å². The van der Waals surface area contributed by atoms with E-state index >= 15 is 0 Å². The summed E-state index contributed by atoms with van der Waals surface area (Å²) in [5.41, 5.74) is 0.768. The summed E-state index contributed by atoms with van der Waals surface area (Å²) in [6, 6.07) is 7.84. The topological polar surface area (TPSA) is 25.2 Å². The van der Waals surface area contributed by atoms with Gasteiger partial charge in [-0.3, -0.25) is 0 Å². The summed E-state index contributed by atoms with van der Waals surface area (Å²) < 4.78 is 31.7. The van der Waals surface area contributed by atoms with Crippen LogP contribution in [0.25, 0.3) is 0 Å². The van der Waals surface area contributed by atoms with Crippen molar-refractivity contribution in [2.45, 2.75) is 32.2 Å². The van der Waals surface area contributed by atoms with Crippen molar-refractivity contribution < 1.29 is 13.2 Å². The molecule has 0 aliphatic carbocycles. The van der Waals surface area contributed by atoms with Crippen LogP contribution in [-0.2, 0) is 6.42 Å². The Hall–Kier alpha value is -1.68. The van der Waals surface area contributed by atoms with Gasteiger partial charge in [0.25, 0.3) is 0 Å². The Bertz CT molecular complexity index is 525. The van der Waals surface area contributed by atoms with Crippen LogP contribution in [0.3, 0.4) is 0 Å². The highest BCUT2D eigenvalue weighted by molar-refractivity contribution is 5.21. The lowest BCUT2D eigenvalue weighted by atomic mass is 10.0. The molecule has 2 aromatic rings. The molecule has 1 aromatic heterocycles. The van der Waals surface area contributed by atoms with Gasteiger partial charge in [-0.2, -0.15) is 0 Å². The molecular formula is C16H19F2NO. The summed E-state index contributed by atoms with van der Waals surface area (Å²) in [5.74, 6) is -0.714. The number of rotatable bonds is 7. The van der Waals surface area contributed by atoms with Crippen LogP contribution in [-0.4, -0.2) is 6.54 Å². The van der Waals surface area contributed by atoms with Crippen LogP contribution in [0.5, 0.6) is 0 Å². The maximum absolute atomic E-state index is 13.4. The number of hydrogen-bond donors (Lipinski definition) is 1. The molecule has 4 heteroatoms. The van der Waals surface area contributed by atoms with Gasteiger partial charge in [0.1, 0.15) is 5.76 Å². The highest BCUT2D eigenvalue weighted by atomic mass is 19.2. The van der Waals surface area contributed by atoms with Gasteiger partial charge in [-0.1, -0.05) is 13.0 Å². The van der Waals surface area contributed by atoms with Crippen LogP contribution in [0.15, 0.2) is 41.0 Å². The zero-order valence-corrected chi connectivity index (χ0v) is 11.5. The van der Waals surface area contributed by atoms with Crippen molar-refractivity contribution >= 4 is 0 Å². The molecule has 1 aromatic carbocycles. The standard InChI is InChI=1S/C16H19F2NO/c1-2-9-19-16(8-6-13-4-3-10-20-13)12-5-7-14(17)15(18)11-12/h3-5,7,10-11,16,19H,2,6,8-9H2,1H3. The van der Waals surface area contributed by atoms with E-state index in [0.717, 1.165) is 37.1 Å². The van der Waals surface area contributed by atoms with Crippen molar-refractivity contribution in [3.8, 4) is 0 Å². The Morgan fingerprint density at radius 1 is 1.20 bits per heavy atom.